The largest absolute Gasteiger partial charge is 0.357 e. The minimum absolute atomic E-state index is 0.0319. The Morgan fingerprint density at radius 1 is 1.00 bits per heavy atom. The fourth-order valence-electron chi connectivity index (χ4n) is 3.67. The molecular weight excluding hydrogens is 379 g/mol. The minimum atomic E-state index is -0.807. The Bertz CT molecular complexity index is 939. The fraction of sp³-hybridized carbons (Fsp3) is 0.348. The predicted molar refractivity (Wildman–Crippen MR) is 114 cm³/mol. The van der Waals surface area contributed by atoms with Gasteiger partial charge in [-0.25, -0.2) is 0 Å². The molecule has 27 heavy (non-hydrogen) atoms. The standard InChI is InChI=1S/C23H24Cl2O2/c1-6-14-7-8-15(18-10-9-17(24)13-20(18)25)11-16(14)12-19-21(26)23(4,5)27-22(19,2)3/h7-13H,6H2,1-5H3/b19-12-. The highest BCUT2D eigenvalue weighted by Gasteiger charge is 2.49. The highest BCUT2D eigenvalue weighted by atomic mass is 35.5. The molecular formula is C23H24Cl2O2. The molecule has 0 N–H and O–H groups in total. The molecule has 2 nitrogen and oxygen atoms in total. The number of benzene rings is 2. The minimum Gasteiger partial charge on any atom is -0.357 e. The first-order valence-electron chi connectivity index (χ1n) is 9.10. The zero-order chi connectivity index (χ0) is 20.0. The molecule has 4 heteroatoms. The van der Waals surface area contributed by atoms with Crippen LogP contribution in [0, 0.1) is 0 Å². The summed E-state index contributed by atoms with van der Waals surface area (Å²) in [7, 11) is 0. The van der Waals surface area contributed by atoms with E-state index < -0.39 is 11.2 Å². The van der Waals surface area contributed by atoms with Crippen molar-refractivity contribution in [1.82, 2.24) is 0 Å². The molecule has 0 aliphatic carbocycles. The van der Waals surface area contributed by atoms with Gasteiger partial charge in [0.1, 0.15) is 5.60 Å². The van der Waals surface area contributed by atoms with Crippen molar-refractivity contribution >= 4 is 35.1 Å². The summed E-state index contributed by atoms with van der Waals surface area (Å²) >= 11 is 12.4. The lowest BCUT2D eigenvalue weighted by Gasteiger charge is -2.22. The van der Waals surface area contributed by atoms with Gasteiger partial charge in [-0.15, -0.1) is 0 Å². The maximum atomic E-state index is 12.9. The van der Waals surface area contributed by atoms with Crippen LogP contribution < -0.4 is 0 Å². The van der Waals surface area contributed by atoms with E-state index in [4.69, 9.17) is 27.9 Å². The van der Waals surface area contributed by atoms with Gasteiger partial charge < -0.3 is 4.74 Å². The molecule has 0 bridgehead atoms. The fourth-order valence-corrected chi connectivity index (χ4v) is 4.19. The van der Waals surface area contributed by atoms with Crippen molar-refractivity contribution in [3.05, 3.63) is 63.1 Å². The van der Waals surface area contributed by atoms with E-state index >= 15 is 0 Å². The number of ether oxygens (including phenoxy) is 1. The number of Topliss-reactive ketones (excluding diaryl/α,β-unsaturated/α-hetero) is 1. The maximum absolute atomic E-state index is 12.9. The van der Waals surface area contributed by atoms with E-state index in [1.165, 1.54) is 5.56 Å². The van der Waals surface area contributed by atoms with Crippen molar-refractivity contribution in [3.8, 4) is 11.1 Å². The van der Waals surface area contributed by atoms with Crippen LogP contribution in [0.2, 0.25) is 10.0 Å². The summed E-state index contributed by atoms with van der Waals surface area (Å²) in [5, 5.41) is 1.21. The van der Waals surface area contributed by atoms with Crippen LogP contribution in [0.4, 0.5) is 0 Å². The Labute approximate surface area is 171 Å². The number of aryl methyl sites for hydroxylation is 1. The van der Waals surface area contributed by atoms with Gasteiger partial charge in [-0.05, 0) is 75.1 Å². The highest BCUT2D eigenvalue weighted by molar-refractivity contribution is 6.36. The number of carbonyl (C=O) groups excluding carboxylic acids is 1. The van der Waals surface area contributed by atoms with E-state index in [0.717, 1.165) is 23.1 Å². The second-order valence-electron chi connectivity index (χ2n) is 7.90. The topological polar surface area (TPSA) is 26.3 Å². The van der Waals surface area contributed by atoms with Crippen LogP contribution in [-0.2, 0) is 16.0 Å². The molecule has 0 unspecified atom stereocenters. The third-order valence-corrected chi connectivity index (χ3v) is 5.57. The van der Waals surface area contributed by atoms with Gasteiger partial charge in [0.15, 0.2) is 5.78 Å². The Morgan fingerprint density at radius 2 is 1.70 bits per heavy atom. The van der Waals surface area contributed by atoms with Crippen molar-refractivity contribution in [2.45, 2.75) is 52.2 Å². The number of rotatable bonds is 3. The molecule has 1 aliphatic heterocycles. The first-order valence-corrected chi connectivity index (χ1v) is 9.86. The molecule has 1 fully saturated rings. The lowest BCUT2D eigenvalue weighted by atomic mass is 9.88. The van der Waals surface area contributed by atoms with Gasteiger partial charge in [-0.2, -0.15) is 0 Å². The molecule has 0 saturated carbocycles. The number of hydrogen-bond acceptors (Lipinski definition) is 2. The Kier molecular flexibility index (Phi) is 5.28. The predicted octanol–water partition coefficient (Wildman–Crippen LogP) is 6.76. The summed E-state index contributed by atoms with van der Waals surface area (Å²) in [4.78, 5) is 12.9. The second kappa shape index (κ2) is 7.09. The van der Waals surface area contributed by atoms with Crippen molar-refractivity contribution in [2.75, 3.05) is 0 Å². The van der Waals surface area contributed by atoms with Gasteiger partial charge in [-0.3, -0.25) is 4.79 Å². The number of carbonyl (C=O) groups is 1. The Morgan fingerprint density at radius 3 is 2.26 bits per heavy atom. The van der Waals surface area contributed by atoms with E-state index in [9.17, 15) is 4.79 Å². The summed E-state index contributed by atoms with van der Waals surface area (Å²) in [6.45, 7) is 9.63. The van der Waals surface area contributed by atoms with Gasteiger partial charge >= 0.3 is 0 Å². The molecule has 1 saturated heterocycles. The lowest BCUT2D eigenvalue weighted by molar-refractivity contribution is -0.132. The molecule has 1 aliphatic rings. The summed E-state index contributed by atoms with van der Waals surface area (Å²) in [5.41, 5.74) is 3.35. The van der Waals surface area contributed by atoms with Crippen LogP contribution >= 0.6 is 23.2 Å². The second-order valence-corrected chi connectivity index (χ2v) is 8.74. The molecule has 2 aromatic rings. The third kappa shape index (κ3) is 3.85. The summed E-state index contributed by atoms with van der Waals surface area (Å²) in [5.74, 6) is 0.0319. The van der Waals surface area contributed by atoms with Gasteiger partial charge in [0, 0.05) is 21.2 Å². The quantitative estimate of drug-likeness (QED) is 0.529. The molecule has 0 amide bonds. The molecule has 3 rings (SSSR count). The normalized spacial score (nSPS) is 19.7. The smallest absolute Gasteiger partial charge is 0.192 e. The Hall–Kier alpha value is -1.61. The van der Waals surface area contributed by atoms with E-state index in [-0.39, 0.29) is 5.78 Å². The van der Waals surface area contributed by atoms with Gasteiger partial charge in [0.05, 0.1) is 5.60 Å². The number of ketones is 1. The molecule has 2 aromatic carbocycles. The van der Waals surface area contributed by atoms with E-state index in [1.54, 1.807) is 6.07 Å². The van der Waals surface area contributed by atoms with Crippen LogP contribution in [0.5, 0.6) is 0 Å². The van der Waals surface area contributed by atoms with E-state index in [1.807, 2.05) is 45.9 Å². The van der Waals surface area contributed by atoms with Crippen molar-refractivity contribution < 1.29 is 9.53 Å². The van der Waals surface area contributed by atoms with E-state index in [2.05, 4.69) is 25.1 Å². The summed E-state index contributed by atoms with van der Waals surface area (Å²) in [6, 6.07) is 11.7. The van der Waals surface area contributed by atoms with Crippen molar-refractivity contribution in [2.24, 2.45) is 0 Å². The van der Waals surface area contributed by atoms with Gasteiger partial charge in [0.2, 0.25) is 0 Å². The van der Waals surface area contributed by atoms with Gasteiger partial charge in [-0.1, -0.05) is 48.3 Å². The first kappa shape index (κ1) is 20.1. The lowest BCUT2D eigenvalue weighted by Crippen LogP contribution is -2.29. The van der Waals surface area contributed by atoms with Crippen molar-refractivity contribution in [3.63, 3.8) is 0 Å². The monoisotopic (exact) mass is 402 g/mol. The van der Waals surface area contributed by atoms with Gasteiger partial charge in [0.25, 0.3) is 0 Å². The van der Waals surface area contributed by atoms with E-state index in [0.29, 0.717) is 15.6 Å². The van der Waals surface area contributed by atoms with Crippen LogP contribution in [0.3, 0.4) is 0 Å². The molecule has 142 valence electrons. The summed E-state index contributed by atoms with van der Waals surface area (Å²) < 4.78 is 6.00. The van der Waals surface area contributed by atoms with Crippen LogP contribution in [0.1, 0.15) is 45.7 Å². The summed E-state index contributed by atoms with van der Waals surface area (Å²) in [6.07, 6.45) is 2.84. The highest BCUT2D eigenvalue weighted by Crippen LogP contribution is 2.40. The van der Waals surface area contributed by atoms with Crippen LogP contribution in [0.25, 0.3) is 17.2 Å². The average molecular weight is 403 g/mol. The average Bonchev–Trinajstić information content (AvgIpc) is 2.72. The molecule has 0 aromatic heterocycles. The van der Waals surface area contributed by atoms with Crippen LogP contribution in [-0.4, -0.2) is 17.0 Å². The molecule has 0 atom stereocenters. The zero-order valence-electron chi connectivity index (χ0n) is 16.3. The van der Waals surface area contributed by atoms with Crippen molar-refractivity contribution in [1.29, 1.82) is 0 Å². The van der Waals surface area contributed by atoms with Crippen LogP contribution in [0.15, 0.2) is 42.0 Å². The Balaban J connectivity index is 2.14. The molecule has 0 radical (unpaired) electrons. The third-order valence-electron chi connectivity index (χ3n) is 5.02. The zero-order valence-corrected chi connectivity index (χ0v) is 17.8. The number of halogens is 2. The SMILES string of the molecule is CCc1ccc(-c2ccc(Cl)cc2Cl)cc1/C=C1/C(=O)C(C)(C)OC1(C)C. The maximum Gasteiger partial charge on any atom is 0.192 e. The first-order chi connectivity index (χ1) is 12.5. The number of hydrogen-bond donors (Lipinski definition) is 0. The molecule has 0 spiro atoms. The molecule has 1 heterocycles.